The summed E-state index contributed by atoms with van der Waals surface area (Å²) in [5.74, 6) is -0.980. The SMILES string of the molecule is CCCCOc1cccc(C(O)=C2C(=O)C(=O)N(c3nc4ccc(OCC)cc4s3)C2c2ccc([N+](=O)[O-])cc2)c1. The van der Waals surface area contributed by atoms with Crippen molar-refractivity contribution in [1.29, 1.82) is 0 Å². The number of aliphatic hydroxyl groups is 1. The second kappa shape index (κ2) is 11.8. The van der Waals surface area contributed by atoms with Crippen LogP contribution in [0.15, 0.2) is 72.3 Å². The Morgan fingerprint density at radius 1 is 1.05 bits per heavy atom. The van der Waals surface area contributed by atoms with Crippen LogP contribution in [0.2, 0.25) is 0 Å². The molecule has 0 aliphatic carbocycles. The molecule has 1 amide bonds. The lowest BCUT2D eigenvalue weighted by Crippen LogP contribution is -2.29. The molecule has 11 heteroatoms. The van der Waals surface area contributed by atoms with Gasteiger partial charge in [0, 0.05) is 17.7 Å². The van der Waals surface area contributed by atoms with Crippen molar-refractivity contribution in [2.45, 2.75) is 32.7 Å². The van der Waals surface area contributed by atoms with Gasteiger partial charge in [0.1, 0.15) is 17.3 Å². The normalized spacial score (nSPS) is 16.3. The molecule has 1 saturated heterocycles. The van der Waals surface area contributed by atoms with Crippen LogP contribution in [0.5, 0.6) is 11.5 Å². The van der Waals surface area contributed by atoms with Crippen molar-refractivity contribution >= 4 is 49.8 Å². The number of ether oxygens (including phenoxy) is 2. The van der Waals surface area contributed by atoms with Crippen LogP contribution in [-0.4, -0.2) is 39.9 Å². The van der Waals surface area contributed by atoms with Gasteiger partial charge in [0.25, 0.3) is 11.5 Å². The largest absolute Gasteiger partial charge is 0.507 e. The zero-order valence-electron chi connectivity index (χ0n) is 22.4. The van der Waals surface area contributed by atoms with Crippen LogP contribution in [0, 0.1) is 10.1 Å². The van der Waals surface area contributed by atoms with Crippen molar-refractivity contribution in [3.8, 4) is 11.5 Å². The van der Waals surface area contributed by atoms with Crippen LogP contribution in [-0.2, 0) is 9.59 Å². The van der Waals surface area contributed by atoms with Crippen LogP contribution in [0.25, 0.3) is 16.0 Å². The summed E-state index contributed by atoms with van der Waals surface area (Å²) in [6, 6.07) is 16.5. The summed E-state index contributed by atoms with van der Waals surface area (Å²) in [7, 11) is 0. The molecule has 1 atom stereocenters. The molecule has 3 aromatic carbocycles. The number of benzene rings is 3. The number of rotatable bonds is 10. The fourth-order valence-electron chi connectivity index (χ4n) is 4.60. The minimum atomic E-state index is -1.08. The highest BCUT2D eigenvalue weighted by molar-refractivity contribution is 7.22. The van der Waals surface area contributed by atoms with E-state index in [1.54, 1.807) is 36.4 Å². The van der Waals surface area contributed by atoms with Crippen LogP contribution in [0.1, 0.15) is 43.9 Å². The predicted octanol–water partition coefficient (Wildman–Crippen LogP) is 6.41. The number of amides is 1. The number of Topliss-reactive ketones (excluding diaryl/α,β-unsaturated/α-hetero) is 1. The van der Waals surface area contributed by atoms with Crippen molar-refractivity contribution in [3.63, 3.8) is 0 Å². The van der Waals surface area contributed by atoms with E-state index < -0.39 is 22.7 Å². The van der Waals surface area contributed by atoms with Crippen molar-refractivity contribution in [2.75, 3.05) is 18.1 Å². The highest BCUT2D eigenvalue weighted by Gasteiger charge is 2.48. The van der Waals surface area contributed by atoms with E-state index in [9.17, 15) is 24.8 Å². The average Bonchev–Trinajstić information content (AvgIpc) is 3.50. The third-order valence-electron chi connectivity index (χ3n) is 6.60. The molecule has 1 aliphatic rings. The first-order valence-electron chi connectivity index (χ1n) is 13.1. The summed E-state index contributed by atoms with van der Waals surface area (Å²) in [5.41, 5.74) is 1.01. The maximum Gasteiger partial charge on any atom is 0.301 e. The first-order valence-corrected chi connectivity index (χ1v) is 14.0. The van der Waals surface area contributed by atoms with E-state index in [2.05, 4.69) is 4.98 Å². The summed E-state index contributed by atoms with van der Waals surface area (Å²) in [6.45, 7) is 4.90. The van der Waals surface area contributed by atoms with Gasteiger partial charge >= 0.3 is 5.91 Å². The number of carbonyl (C=O) groups excluding carboxylic acids is 2. The molecule has 1 unspecified atom stereocenters. The molecule has 2 heterocycles. The number of unbranched alkanes of at least 4 members (excludes halogenated alkanes) is 1. The number of non-ortho nitro benzene ring substituents is 1. The Balaban J connectivity index is 1.64. The van der Waals surface area contributed by atoms with Gasteiger partial charge < -0.3 is 14.6 Å². The first kappa shape index (κ1) is 27.8. The third kappa shape index (κ3) is 5.48. The number of nitro groups is 1. The Labute approximate surface area is 239 Å². The molecule has 10 nitrogen and oxygen atoms in total. The average molecular weight is 574 g/mol. The van der Waals surface area contributed by atoms with Gasteiger partial charge in [-0.1, -0.05) is 36.8 Å². The van der Waals surface area contributed by atoms with E-state index >= 15 is 0 Å². The minimum absolute atomic E-state index is 0.147. The Kier molecular flexibility index (Phi) is 7.97. The minimum Gasteiger partial charge on any atom is -0.507 e. The van der Waals surface area contributed by atoms with Crippen molar-refractivity contribution in [2.24, 2.45) is 0 Å². The zero-order valence-corrected chi connectivity index (χ0v) is 23.2. The van der Waals surface area contributed by atoms with Crippen LogP contribution < -0.4 is 14.4 Å². The van der Waals surface area contributed by atoms with E-state index in [0.29, 0.717) is 41.4 Å². The van der Waals surface area contributed by atoms with Crippen molar-refractivity contribution < 1.29 is 29.1 Å². The fraction of sp³-hybridized carbons (Fsp3) is 0.233. The highest BCUT2D eigenvalue weighted by Crippen LogP contribution is 2.45. The Morgan fingerprint density at radius 2 is 1.80 bits per heavy atom. The fourth-order valence-corrected chi connectivity index (χ4v) is 5.62. The lowest BCUT2D eigenvalue weighted by molar-refractivity contribution is -0.384. The third-order valence-corrected chi connectivity index (χ3v) is 7.62. The molecule has 1 fully saturated rings. The highest BCUT2D eigenvalue weighted by atomic mass is 32.1. The number of nitro benzene ring substituents is 1. The number of ketones is 1. The summed E-state index contributed by atoms with van der Waals surface area (Å²) >= 11 is 1.20. The van der Waals surface area contributed by atoms with E-state index in [-0.39, 0.29) is 22.2 Å². The monoisotopic (exact) mass is 573 g/mol. The quantitative estimate of drug-likeness (QED) is 0.0575. The maximum atomic E-state index is 13.5. The Hall–Kier alpha value is -4.77. The number of anilines is 1. The van der Waals surface area contributed by atoms with Crippen LogP contribution >= 0.6 is 11.3 Å². The second-order valence-corrected chi connectivity index (χ2v) is 10.3. The van der Waals surface area contributed by atoms with E-state index in [1.165, 1.54) is 40.5 Å². The zero-order chi connectivity index (χ0) is 29.1. The molecule has 210 valence electrons. The Bertz CT molecular complexity index is 1660. The number of aromatic nitrogens is 1. The number of carbonyl (C=O) groups is 2. The van der Waals surface area contributed by atoms with Gasteiger partial charge in [0.15, 0.2) is 5.13 Å². The van der Waals surface area contributed by atoms with Gasteiger partial charge in [-0.3, -0.25) is 24.6 Å². The summed E-state index contributed by atoms with van der Waals surface area (Å²) in [5, 5.41) is 23.0. The predicted molar refractivity (Wildman–Crippen MR) is 156 cm³/mol. The number of hydrogen-bond acceptors (Lipinski definition) is 9. The molecule has 1 aliphatic heterocycles. The second-order valence-electron chi connectivity index (χ2n) is 9.31. The molecule has 41 heavy (non-hydrogen) atoms. The van der Waals surface area contributed by atoms with Gasteiger partial charge in [0.05, 0.1) is 40.0 Å². The molecule has 5 rings (SSSR count). The molecule has 1 aromatic heterocycles. The Morgan fingerprint density at radius 3 is 2.51 bits per heavy atom. The van der Waals surface area contributed by atoms with Gasteiger partial charge in [-0.05, 0) is 61.4 Å². The van der Waals surface area contributed by atoms with Crippen LogP contribution in [0.4, 0.5) is 10.8 Å². The van der Waals surface area contributed by atoms with Crippen molar-refractivity contribution in [3.05, 3.63) is 93.5 Å². The molecule has 0 bridgehead atoms. The smallest absolute Gasteiger partial charge is 0.301 e. The lowest BCUT2D eigenvalue weighted by atomic mass is 9.95. The number of nitrogens with zero attached hydrogens (tertiary/aromatic N) is 3. The van der Waals surface area contributed by atoms with Gasteiger partial charge in [-0.2, -0.15) is 0 Å². The number of thiazole rings is 1. The molecular weight excluding hydrogens is 546 g/mol. The van der Waals surface area contributed by atoms with Crippen LogP contribution in [0.3, 0.4) is 0 Å². The first-order chi connectivity index (χ1) is 19.8. The topological polar surface area (TPSA) is 132 Å². The molecular formula is C30H27N3O7S. The molecule has 0 radical (unpaired) electrons. The number of hydrogen-bond donors (Lipinski definition) is 1. The lowest BCUT2D eigenvalue weighted by Gasteiger charge is -2.23. The summed E-state index contributed by atoms with van der Waals surface area (Å²) in [4.78, 5) is 43.7. The molecule has 1 N–H and O–H groups in total. The molecule has 0 saturated carbocycles. The maximum absolute atomic E-state index is 13.5. The van der Waals surface area contributed by atoms with Gasteiger partial charge in [0.2, 0.25) is 0 Å². The standard InChI is InChI=1S/C30H27N3O7S/c1-3-5-15-40-21-8-6-7-19(16-21)27(34)25-26(18-9-11-20(12-10-18)33(37)38)32(29(36)28(25)35)30-31-23-14-13-22(39-4-2)17-24(23)41-30/h6-14,16-17,26,34H,3-5,15H2,1-2H3. The molecule has 0 spiro atoms. The van der Waals surface area contributed by atoms with Gasteiger partial charge in [-0.25, -0.2) is 4.98 Å². The van der Waals surface area contributed by atoms with E-state index in [4.69, 9.17) is 9.47 Å². The summed E-state index contributed by atoms with van der Waals surface area (Å²) in [6.07, 6.45) is 1.81. The van der Waals surface area contributed by atoms with E-state index in [0.717, 1.165) is 17.5 Å². The van der Waals surface area contributed by atoms with Gasteiger partial charge in [-0.15, -0.1) is 0 Å². The van der Waals surface area contributed by atoms with Crippen molar-refractivity contribution in [1.82, 2.24) is 4.98 Å². The summed E-state index contributed by atoms with van der Waals surface area (Å²) < 4.78 is 12.1. The molecule has 4 aromatic rings. The number of fused-ring (bicyclic) bond motifs is 1. The number of aliphatic hydroxyl groups excluding tert-OH is 1. The van der Waals surface area contributed by atoms with E-state index in [1.807, 2.05) is 19.9 Å².